The first-order chi connectivity index (χ1) is 15.9. The fourth-order valence-electron chi connectivity index (χ4n) is 3.43. The molecule has 0 radical (unpaired) electrons. The van der Waals surface area contributed by atoms with E-state index in [9.17, 15) is 4.79 Å². The molecule has 0 heterocycles. The normalized spacial score (nSPS) is 11.5. The molecule has 0 saturated carbocycles. The molecule has 0 N–H and O–H groups in total. The largest absolute Gasteiger partial charge is 0.492 e. The molecule has 4 nitrogen and oxygen atoms in total. The van der Waals surface area contributed by atoms with Crippen LogP contribution < -0.4 is 9.47 Å². The molecule has 0 aliphatic rings. The number of hydrogen-bond donors (Lipinski definition) is 0. The van der Waals surface area contributed by atoms with E-state index in [1.165, 1.54) is 34.8 Å². The molecule has 0 unspecified atom stereocenters. The zero-order valence-electron chi connectivity index (χ0n) is 20.0. The van der Waals surface area contributed by atoms with E-state index in [0.29, 0.717) is 12.4 Å². The standard InChI is InChI=1S/C29H33NO3/c1-22-5-12-26(13-6-22)27(14-7-24-8-17-29(18-9-24)33-23(2)31)21-25-10-15-28(16-11-25)32-20-19-30(3)4/h5-6,8-18H,7,19-21H2,1-4H3/b27-14-. The van der Waals surface area contributed by atoms with Crippen molar-refractivity contribution in [3.05, 3.63) is 101 Å². The number of allylic oxidation sites excluding steroid dienone is 2. The molecule has 0 saturated heterocycles. The molecule has 0 spiro atoms. The van der Waals surface area contributed by atoms with E-state index in [1.807, 2.05) is 50.5 Å². The maximum absolute atomic E-state index is 11.1. The predicted molar refractivity (Wildman–Crippen MR) is 135 cm³/mol. The van der Waals surface area contributed by atoms with Crippen LogP contribution in [0.5, 0.6) is 11.5 Å². The van der Waals surface area contributed by atoms with Gasteiger partial charge in [0.05, 0.1) is 0 Å². The van der Waals surface area contributed by atoms with Gasteiger partial charge in [-0.05, 0) is 80.4 Å². The van der Waals surface area contributed by atoms with E-state index < -0.39 is 0 Å². The van der Waals surface area contributed by atoms with Gasteiger partial charge in [-0.3, -0.25) is 4.79 Å². The van der Waals surface area contributed by atoms with Crippen molar-refractivity contribution in [3.8, 4) is 11.5 Å². The molecule has 0 amide bonds. The molecule has 0 bridgehead atoms. The average molecular weight is 444 g/mol. The summed E-state index contributed by atoms with van der Waals surface area (Å²) in [6.07, 6.45) is 3.93. The van der Waals surface area contributed by atoms with Gasteiger partial charge < -0.3 is 14.4 Å². The number of esters is 1. The third-order valence-electron chi connectivity index (χ3n) is 5.32. The highest BCUT2D eigenvalue weighted by atomic mass is 16.5. The van der Waals surface area contributed by atoms with Crippen molar-refractivity contribution in [1.29, 1.82) is 0 Å². The maximum Gasteiger partial charge on any atom is 0.308 e. The van der Waals surface area contributed by atoms with Crippen molar-refractivity contribution < 1.29 is 14.3 Å². The number of rotatable bonds is 10. The number of aryl methyl sites for hydroxylation is 1. The monoisotopic (exact) mass is 443 g/mol. The van der Waals surface area contributed by atoms with Gasteiger partial charge >= 0.3 is 5.97 Å². The second-order valence-corrected chi connectivity index (χ2v) is 8.51. The Hall–Kier alpha value is -3.37. The number of ether oxygens (including phenoxy) is 2. The Bertz CT molecular complexity index is 1050. The fourth-order valence-corrected chi connectivity index (χ4v) is 3.43. The molecule has 0 aromatic heterocycles. The molecular formula is C29H33NO3. The van der Waals surface area contributed by atoms with Crippen LogP contribution in [0.15, 0.2) is 78.9 Å². The topological polar surface area (TPSA) is 38.8 Å². The summed E-state index contributed by atoms with van der Waals surface area (Å²) in [5, 5.41) is 0. The number of nitrogens with zero attached hydrogens (tertiary/aromatic N) is 1. The molecule has 0 aliphatic carbocycles. The van der Waals surface area contributed by atoms with E-state index in [-0.39, 0.29) is 5.97 Å². The minimum absolute atomic E-state index is 0.307. The van der Waals surface area contributed by atoms with Gasteiger partial charge in [0.25, 0.3) is 0 Å². The van der Waals surface area contributed by atoms with Gasteiger partial charge in [-0.25, -0.2) is 0 Å². The third kappa shape index (κ3) is 8.24. The van der Waals surface area contributed by atoms with Crippen molar-refractivity contribution in [2.75, 3.05) is 27.2 Å². The van der Waals surface area contributed by atoms with Crippen LogP contribution in [0.3, 0.4) is 0 Å². The molecule has 172 valence electrons. The number of hydrogen-bond acceptors (Lipinski definition) is 4. The van der Waals surface area contributed by atoms with Crippen LogP contribution in [0.2, 0.25) is 0 Å². The van der Waals surface area contributed by atoms with Crippen LogP contribution in [0.4, 0.5) is 0 Å². The molecule has 3 aromatic carbocycles. The molecule has 4 heteroatoms. The summed E-state index contributed by atoms with van der Waals surface area (Å²) < 4.78 is 11.0. The highest BCUT2D eigenvalue weighted by Gasteiger charge is 2.06. The first-order valence-corrected chi connectivity index (χ1v) is 11.3. The quantitative estimate of drug-likeness (QED) is 0.296. The summed E-state index contributed by atoms with van der Waals surface area (Å²) in [4.78, 5) is 13.2. The Morgan fingerprint density at radius 2 is 1.45 bits per heavy atom. The van der Waals surface area contributed by atoms with E-state index in [4.69, 9.17) is 9.47 Å². The lowest BCUT2D eigenvalue weighted by molar-refractivity contribution is -0.131. The highest BCUT2D eigenvalue weighted by molar-refractivity contribution is 5.69. The van der Waals surface area contributed by atoms with Crippen molar-refractivity contribution in [1.82, 2.24) is 4.90 Å². The van der Waals surface area contributed by atoms with Gasteiger partial charge in [0.2, 0.25) is 0 Å². The van der Waals surface area contributed by atoms with Crippen molar-refractivity contribution >= 4 is 11.5 Å². The lowest BCUT2D eigenvalue weighted by atomic mass is 9.95. The molecule has 3 aromatic rings. The van der Waals surface area contributed by atoms with Gasteiger partial charge in [0, 0.05) is 13.5 Å². The average Bonchev–Trinajstić information content (AvgIpc) is 2.79. The molecule has 0 fully saturated rings. The molecule has 33 heavy (non-hydrogen) atoms. The summed E-state index contributed by atoms with van der Waals surface area (Å²) in [6, 6.07) is 24.7. The van der Waals surface area contributed by atoms with Crippen LogP contribution in [0.1, 0.15) is 29.2 Å². The van der Waals surface area contributed by atoms with E-state index in [1.54, 1.807) is 0 Å². The Kier molecular flexibility index (Phi) is 8.85. The van der Waals surface area contributed by atoms with Crippen LogP contribution in [0.25, 0.3) is 5.57 Å². The van der Waals surface area contributed by atoms with Crippen LogP contribution in [-0.2, 0) is 17.6 Å². The fraction of sp³-hybridized carbons (Fsp3) is 0.276. The minimum atomic E-state index is -0.307. The Labute approximate surface area is 197 Å². The zero-order chi connectivity index (χ0) is 23.6. The van der Waals surface area contributed by atoms with Crippen molar-refractivity contribution in [2.45, 2.75) is 26.7 Å². The van der Waals surface area contributed by atoms with Gasteiger partial charge in [-0.2, -0.15) is 0 Å². The lowest BCUT2D eigenvalue weighted by Crippen LogP contribution is -2.19. The number of carbonyl (C=O) groups excluding carboxylic acids is 1. The number of likely N-dealkylation sites (N-methyl/N-ethyl adjacent to an activating group) is 1. The summed E-state index contributed by atoms with van der Waals surface area (Å²) in [6.45, 7) is 5.08. The highest BCUT2D eigenvalue weighted by Crippen LogP contribution is 2.23. The third-order valence-corrected chi connectivity index (χ3v) is 5.32. The summed E-state index contributed by atoms with van der Waals surface area (Å²) in [5.74, 6) is 1.16. The number of carbonyl (C=O) groups is 1. The molecule has 3 rings (SSSR count). The zero-order valence-corrected chi connectivity index (χ0v) is 20.0. The summed E-state index contributed by atoms with van der Waals surface area (Å²) >= 11 is 0. The van der Waals surface area contributed by atoms with Gasteiger partial charge in [0.1, 0.15) is 18.1 Å². The van der Waals surface area contributed by atoms with Gasteiger partial charge in [-0.1, -0.05) is 60.2 Å². The Morgan fingerprint density at radius 1 is 0.848 bits per heavy atom. The second-order valence-electron chi connectivity index (χ2n) is 8.51. The van der Waals surface area contributed by atoms with Crippen LogP contribution in [-0.4, -0.2) is 38.1 Å². The van der Waals surface area contributed by atoms with E-state index in [0.717, 1.165) is 25.1 Å². The maximum atomic E-state index is 11.1. The predicted octanol–water partition coefficient (Wildman–Crippen LogP) is 5.73. The second kappa shape index (κ2) is 12.0. The minimum Gasteiger partial charge on any atom is -0.492 e. The first-order valence-electron chi connectivity index (χ1n) is 11.3. The molecular weight excluding hydrogens is 410 g/mol. The lowest BCUT2D eigenvalue weighted by Gasteiger charge is -2.12. The van der Waals surface area contributed by atoms with E-state index in [2.05, 4.69) is 54.3 Å². The Morgan fingerprint density at radius 3 is 2.06 bits per heavy atom. The van der Waals surface area contributed by atoms with E-state index >= 15 is 0 Å². The van der Waals surface area contributed by atoms with Crippen LogP contribution in [0, 0.1) is 6.92 Å². The van der Waals surface area contributed by atoms with Gasteiger partial charge in [0.15, 0.2) is 0 Å². The number of benzene rings is 3. The van der Waals surface area contributed by atoms with Crippen molar-refractivity contribution in [2.24, 2.45) is 0 Å². The summed E-state index contributed by atoms with van der Waals surface area (Å²) in [5.41, 5.74) is 6.16. The SMILES string of the molecule is CC(=O)Oc1ccc(C/C=C(/Cc2ccc(OCCN(C)C)cc2)c2ccc(C)cc2)cc1. The molecule has 0 atom stereocenters. The van der Waals surface area contributed by atoms with Gasteiger partial charge in [-0.15, -0.1) is 0 Å². The smallest absolute Gasteiger partial charge is 0.308 e. The Balaban J connectivity index is 1.73. The molecule has 0 aliphatic heterocycles. The first kappa shape index (κ1) is 24.3. The van der Waals surface area contributed by atoms with Crippen LogP contribution >= 0.6 is 0 Å². The van der Waals surface area contributed by atoms with Crippen molar-refractivity contribution in [3.63, 3.8) is 0 Å². The summed E-state index contributed by atoms with van der Waals surface area (Å²) in [7, 11) is 4.08.